The number of aromatic nitrogens is 1. The van der Waals surface area contributed by atoms with Gasteiger partial charge in [-0.05, 0) is 61.2 Å². The predicted octanol–water partition coefficient (Wildman–Crippen LogP) is 7.31. The van der Waals surface area contributed by atoms with E-state index in [4.69, 9.17) is 9.72 Å². The molecule has 0 N–H and O–H groups in total. The Morgan fingerprint density at radius 2 is 1.97 bits per heavy atom. The fourth-order valence-electron chi connectivity index (χ4n) is 4.74. The number of nitrogens with zero attached hydrogens (tertiary/aromatic N) is 1. The predicted molar refractivity (Wildman–Crippen MR) is 123 cm³/mol. The molecule has 0 spiro atoms. The van der Waals surface area contributed by atoms with Crippen molar-refractivity contribution in [2.24, 2.45) is 17.8 Å². The van der Waals surface area contributed by atoms with Crippen molar-refractivity contribution in [1.82, 2.24) is 4.98 Å². The van der Waals surface area contributed by atoms with E-state index < -0.39 is 0 Å². The zero-order chi connectivity index (χ0) is 20.4. The molecule has 1 heterocycles. The maximum Gasteiger partial charge on any atom is 0.123 e. The molecule has 2 aliphatic rings. The first-order chi connectivity index (χ1) is 14.0. The normalized spacial score (nSPS) is 23.3. The summed E-state index contributed by atoms with van der Waals surface area (Å²) in [6.07, 6.45) is 11.8. The van der Waals surface area contributed by atoms with Gasteiger partial charge in [0.15, 0.2) is 0 Å². The van der Waals surface area contributed by atoms with Crippen molar-refractivity contribution in [3.63, 3.8) is 0 Å². The fraction of sp³-hybridized carbons (Fsp3) is 0.500. The molecule has 4 rings (SSSR count). The van der Waals surface area contributed by atoms with Crippen LogP contribution in [0.25, 0.3) is 10.6 Å². The Hall–Kier alpha value is -1.87. The van der Waals surface area contributed by atoms with Gasteiger partial charge in [-0.3, -0.25) is 0 Å². The smallest absolute Gasteiger partial charge is 0.123 e. The van der Waals surface area contributed by atoms with Gasteiger partial charge >= 0.3 is 0 Å². The fourth-order valence-corrected chi connectivity index (χ4v) is 5.71. The minimum Gasteiger partial charge on any atom is -0.494 e. The second-order valence-corrected chi connectivity index (χ2v) is 10.0. The molecule has 3 unspecified atom stereocenters. The van der Waals surface area contributed by atoms with Gasteiger partial charge in [0.2, 0.25) is 0 Å². The minimum absolute atomic E-state index is 0.560. The molecule has 2 aromatic rings. The Morgan fingerprint density at radius 1 is 1.17 bits per heavy atom. The van der Waals surface area contributed by atoms with Crippen LogP contribution in [0.15, 0.2) is 48.3 Å². The van der Waals surface area contributed by atoms with Gasteiger partial charge in [-0.15, -0.1) is 11.3 Å². The summed E-state index contributed by atoms with van der Waals surface area (Å²) in [4.78, 5) is 6.21. The minimum atomic E-state index is 0.560. The van der Waals surface area contributed by atoms with Crippen molar-refractivity contribution in [3.05, 3.63) is 64.4 Å². The van der Waals surface area contributed by atoms with E-state index in [1.54, 1.807) is 11.3 Å². The SMILES string of the molecule is CCC1CCC2C=C(OCCc3nc(-c4ccc(C(C)C)cc4)sc3C)C=CC21. The van der Waals surface area contributed by atoms with Crippen LogP contribution in [0.2, 0.25) is 0 Å². The highest BCUT2D eigenvalue weighted by molar-refractivity contribution is 7.15. The van der Waals surface area contributed by atoms with E-state index in [2.05, 4.69) is 70.2 Å². The summed E-state index contributed by atoms with van der Waals surface area (Å²) in [5.41, 5.74) is 3.76. The number of allylic oxidation sites excluding steroid dienone is 3. The Balaban J connectivity index is 1.35. The first-order valence-electron chi connectivity index (χ1n) is 11.1. The second-order valence-electron chi connectivity index (χ2n) is 8.81. The van der Waals surface area contributed by atoms with Gasteiger partial charge in [-0.2, -0.15) is 0 Å². The number of benzene rings is 1. The van der Waals surface area contributed by atoms with E-state index in [0.717, 1.165) is 29.0 Å². The van der Waals surface area contributed by atoms with E-state index in [1.165, 1.54) is 41.0 Å². The largest absolute Gasteiger partial charge is 0.494 e. The van der Waals surface area contributed by atoms with Crippen LogP contribution in [0.4, 0.5) is 0 Å². The van der Waals surface area contributed by atoms with Gasteiger partial charge in [-0.25, -0.2) is 4.98 Å². The highest BCUT2D eigenvalue weighted by Gasteiger charge is 2.33. The van der Waals surface area contributed by atoms with E-state index in [1.807, 2.05) is 0 Å². The van der Waals surface area contributed by atoms with Crippen LogP contribution >= 0.6 is 11.3 Å². The summed E-state index contributed by atoms with van der Waals surface area (Å²) in [5.74, 6) is 3.89. The molecule has 29 heavy (non-hydrogen) atoms. The third-order valence-corrected chi connectivity index (χ3v) is 7.68. The van der Waals surface area contributed by atoms with Gasteiger partial charge in [0.25, 0.3) is 0 Å². The van der Waals surface area contributed by atoms with Crippen molar-refractivity contribution in [3.8, 4) is 10.6 Å². The lowest BCUT2D eigenvalue weighted by Crippen LogP contribution is -2.14. The summed E-state index contributed by atoms with van der Waals surface area (Å²) >= 11 is 1.79. The van der Waals surface area contributed by atoms with Crippen LogP contribution in [0.1, 0.15) is 62.1 Å². The first-order valence-corrected chi connectivity index (χ1v) is 12.0. The van der Waals surface area contributed by atoms with E-state index >= 15 is 0 Å². The summed E-state index contributed by atoms with van der Waals surface area (Å²) in [5, 5.41) is 1.11. The molecule has 0 saturated heterocycles. The summed E-state index contributed by atoms with van der Waals surface area (Å²) in [6.45, 7) is 9.65. The molecule has 1 saturated carbocycles. The number of rotatable bonds is 7. The quantitative estimate of drug-likeness (QED) is 0.480. The number of aryl methyl sites for hydroxylation is 1. The molecule has 2 aliphatic carbocycles. The van der Waals surface area contributed by atoms with E-state index in [-0.39, 0.29) is 0 Å². The number of fused-ring (bicyclic) bond motifs is 1. The maximum absolute atomic E-state index is 6.11. The zero-order valence-electron chi connectivity index (χ0n) is 18.2. The summed E-state index contributed by atoms with van der Waals surface area (Å²) in [7, 11) is 0. The standard InChI is InChI=1S/C26H33NOS/c1-5-19-6-11-22-16-23(12-13-24(19)22)28-15-14-25-18(4)29-26(27-25)21-9-7-20(8-10-21)17(2)3/h7-10,12-13,16-17,19,22,24H,5-6,11,14-15H2,1-4H3. The van der Waals surface area contributed by atoms with Crippen LogP contribution in [-0.4, -0.2) is 11.6 Å². The van der Waals surface area contributed by atoms with Crippen molar-refractivity contribution in [2.75, 3.05) is 6.61 Å². The molecular weight excluding hydrogens is 374 g/mol. The first kappa shape index (κ1) is 20.4. The topological polar surface area (TPSA) is 22.1 Å². The lowest BCUT2D eigenvalue weighted by atomic mass is 9.85. The highest BCUT2D eigenvalue weighted by Crippen LogP contribution is 2.43. The van der Waals surface area contributed by atoms with Crippen LogP contribution in [0, 0.1) is 24.7 Å². The Bertz CT molecular complexity index is 890. The van der Waals surface area contributed by atoms with Crippen molar-refractivity contribution < 1.29 is 4.74 Å². The van der Waals surface area contributed by atoms with Crippen LogP contribution < -0.4 is 0 Å². The third-order valence-electron chi connectivity index (χ3n) is 6.62. The number of thiazole rings is 1. The number of hydrogen-bond donors (Lipinski definition) is 0. The Kier molecular flexibility index (Phi) is 6.24. The molecule has 3 atom stereocenters. The molecule has 0 aliphatic heterocycles. The summed E-state index contributed by atoms with van der Waals surface area (Å²) < 4.78 is 6.11. The van der Waals surface area contributed by atoms with Gasteiger partial charge in [0.1, 0.15) is 10.8 Å². The molecular formula is C26H33NOS. The molecule has 1 fully saturated rings. The number of hydrogen-bond acceptors (Lipinski definition) is 3. The highest BCUT2D eigenvalue weighted by atomic mass is 32.1. The average Bonchev–Trinajstić information content (AvgIpc) is 3.31. The van der Waals surface area contributed by atoms with Gasteiger partial charge in [0, 0.05) is 16.9 Å². The molecule has 2 nitrogen and oxygen atoms in total. The van der Waals surface area contributed by atoms with E-state index in [0.29, 0.717) is 18.4 Å². The van der Waals surface area contributed by atoms with Crippen molar-refractivity contribution in [1.29, 1.82) is 0 Å². The summed E-state index contributed by atoms with van der Waals surface area (Å²) in [6, 6.07) is 8.85. The van der Waals surface area contributed by atoms with Crippen LogP contribution in [-0.2, 0) is 11.2 Å². The lowest BCUT2D eigenvalue weighted by Gasteiger charge is -2.23. The molecule has 0 amide bonds. The van der Waals surface area contributed by atoms with Crippen LogP contribution in [0.5, 0.6) is 0 Å². The van der Waals surface area contributed by atoms with E-state index in [9.17, 15) is 0 Å². The third kappa shape index (κ3) is 4.50. The Morgan fingerprint density at radius 3 is 2.69 bits per heavy atom. The Labute approximate surface area is 179 Å². The van der Waals surface area contributed by atoms with Crippen molar-refractivity contribution >= 4 is 11.3 Å². The van der Waals surface area contributed by atoms with Gasteiger partial charge in [0.05, 0.1) is 12.3 Å². The van der Waals surface area contributed by atoms with Gasteiger partial charge < -0.3 is 4.74 Å². The van der Waals surface area contributed by atoms with Gasteiger partial charge in [-0.1, -0.05) is 57.5 Å². The molecule has 1 aromatic heterocycles. The second kappa shape index (κ2) is 8.87. The van der Waals surface area contributed by atoms with Crippen molar-refractivity contribution in [2.45, 2.75) is 59.3 Å². The molecule has 3 heteroatoms. The average molecular weight is 408 g/mol. The molecule has 154 valence electrons. The zero-order valence-corrected chi connectivity index (χ0v) is 19.0. The monoisotopic (exact) mass is 407 g/mol. The maximum atomic E-state index is 6.11. The molecule has 0 bridgehead atoms. The molecule has 0 radical (unpaired) electrons. The molecule has 1 aromatic carbocycles. The number of ether oxygens (including phenoxy) is 1. The van der Waals surface area contributed by atoms with Crippen LogP contribution in [0.3, 0.4) is 0 Å². The lowest BCUT2D eigenvalue weighted by molar-refractivity contribution is 0.219.